The maximum atomic E-state index is 9.13. The van der Waals surface area contributed by atoms with Crippen LogP contribution in [0.3, 0.4) is 0 Å². The van der Waals surface area contributed by atoms with Gasteiger partial charge >= 0.3 is 0 Å². The van der Waals surface area contributed by atoms with E-state index in [2.05, 4.69) is 6.92 Å². The highest BCUT2D eigenvalue weighted by molar-refractivity contribution is 5.40. The Morgan fingerprint density at radius 2 is 1.92 bits per heavy atom. The van der Waals surface area contributed by atoms with Crippen molar-refractivity contribution in [1.29, 1.82) is 0 Å². The molecule has 1 radical (unpaired) electrons. The molecule has 0 spiro atoms. The smallest absolute Gasteiger partial charge is 0.157 e. The Kier molecular flexibility index (Phi) is 2.97. The number of hydrogen-bond acceptors (Lipinski definition) is 2. The summed E-state index contributed by atoms with van der Waals surface area (Å²) in [7, 11) is 0. The monoisotopic (exact) mass is 165 g/mol. The SMILES string of the molecule is [CH2]CCCc1ccc(O)c(O)c1. The summed E-state index contributed by atoms with van der Waals surface area (Å²) in [5.74, 6) is -0.107. The number of aromatic hydroxyl groups is 2. The van der Waals surface area contributed by atoms with Gasteiger partial charge in [0.15, 0.2) is 11.5 Å². The van der Waals surface area contributed by atoms with Gasteiger partial charge in [-0.25, -0.2) is 0 Å². The van der Waals surface area contributed by atoms with Gasteiger partial charge in [0.1, 0.15) is 0 Å². The molecule has 1 rings (SSSR count). The van der Waals surface area contributed by atoms with E-state index in [1.54, 1.807) is 6.07 Å². The van der Waals surface area contributed by atoms with Crippen molar-refractivity contribution in [3.05, 3.63) is 30.7 Å². The van der Waals surface area contributed by atoms with Crippen LogP contribution in [0.5, 0.6) is 11.5 Å². The molecule has 0 aliphatic carbocycles. The van der Waals surface area contributed by atoms with E-state index in [4.69, 9.17) is 10.2 Å². The van der Waals surface area contributed by atoms with E-state index in [-0.39, 0.29) is 11.5 Å². The molecule has 0 unspecified atom stereocenters. The Labute approximate surface area is 72.5 Å². The van der Waals surface area contributed by atoms with Gasteiger partial charge in [-0.1, -0.05) is 19.4 Å². The quantitative estimate of drug-likeness (QED) is 0.674. The second kappa shape index (κ2) is 4.00. The summed E-state index contributed by atoms with van der Waals surface area (Å²) in [6.45, 7) is 3.73. The lowest BCUT2D eigenvalue weighted by Gasteiger charge is -2.01. The van der Waals surface area contributed by atoms with Crippen LogP contribution in [0.1, 0.15) is 18.4 Å². The zero-order valence-electron chi connectivity index (χ0n) is 6.95. The minimum Gasteiger partial charge on any atom is -0.504 e. The minimum absolute atomic E-state index is 0.0448. The Hall–Kier alpha value is -1.18. The topological polar surface area (TPSA) is 40.5 Å². The van der Waals surface area contributed by atoms with Gasteiger partial charge in [0.25, 0.3) is 0 Å². The number of unbranched alkanes of at least 4 members (excludes halogenated alkanes) is 1. The minimum atomic E-state index is -0.0617. The first-order valence-corrected chi connectivity index (χ1v) is 4.04. The molecular formula is C10H13O2. The van der Waals surface area contributed by atoms with Gasteiger partial charge in [-0.05, 0) is 30.5 Å². The van der Waals surface area contributed by atoms with Gasteiger partial charge in [0, 0.05) is 0 Å². The number of rotatable bonds is 3. The standard InChI is InChI=1S/C10H13O2/c1-2-3-4-8-5-6-9(11)10(12)7-8/h5-7,11-12H,1-4H2. The van der Waals surface area contributed by atoms with Crippen LogP contribution in [0.25, 0.3) is 0 Å². The molecule has 0 bridgehead atoms. The predicted molar refractivity (Wildman–Crippen MR) is 48.1 cm³/mol. The van der Waals surface area contributed by atoms with Crippen LogP contribution in [0.15, 0.2) is 18.2 Å². The number of hydrogen-bond donors (Lipinski definition) is 2. The second-order valence-electron chi connectivity index (χ2n) is 2.78. The number of benzene rings is 1. The highest BCUT2D eigenvalue weighted by Crippen LogP contribution is 2.25. The maximum Gasteiger partial charge on any atom is 0.157 e. The zero-order chi connectivity index (χ0) is 8.97. The lowest BCUT2D eigenvalue weighted by atomic mass is 10.1. The number of phenols is 2. The van der Waals surface area contributed by atoms with Crippen molar-refractivity contribution < 1.29 is 10.2 Å². The lowest BCUT2D eigenvalue weighted by molar-refractivity contribution is 0.403. The number of phenolic OH excluding ortho intramolecular Hbond substituents is 2. The van der Waals surface area contributed by atoms with Crippen molar-refractivity contribution in [1.82, 2.24) is 0 Å². The molecule has 0 atom stereocenters. The Morgan fingerprint density at radius 1 is 1.17 bits per heavy atom. The van der Waals surface area contributed by atoms with Gasteiger partial charge in [0.2, 0.25) is 0 Å². The van der Waals surface area contributed by atoms with Crippen LogP contribution in [0, 0.1) is 6.92 Å². The van der Waals surface area contributed by atoms with E-state index in [1.165, 1.54) is 6.07 Å². The fourth-order valence-electron chi connectivity index (χ4n) is 1.05. The lowest BCUT2D eigenvalue weighted by Crippen LogP contribution is -1.83. The summed E-state index contributed by atoms with van der Waals surface area (Å²) in [6.07, 6.45) is 2.79. The predicted octanol–water partition coefficient (Wildman–Crippen LogP) is 2.25. The number of aryl methyl sites for hydroxylation is 1. The van der Waals surface area contributed by atoms with E-state index in [0.717, 1.165) is 24.8 Å². The molecule has 0 saturated carbocycles. The summed E-state index contributed by atoms with van der Waals surface area (Å²) in [6, 6.07) is 4.91. The van der Waals surface area contributed by atoms with Gasteiger partial charge < -0.3 is 10.2 Å². The third kappa shape index (κ3) is 2.16. The van der Waals surface area contributed by atoms with E-state index in [0.29, 0.717) is 0 Å². The molecule has 1 aromatic carbocycles. The normalized spacial score (nSPS) is 10.1. The van der Waals surface area contributed by atoms with Crippen LogP contribution >= 0.6 is 0 Å². The third-order valence-corrected chi connectivity index (χ3v) is 1.76. The molecule has 0 aliphatic rings. The fourth-order valence-corrected chi connectivity index (χ4v) is 1.05. The molecule has 2 heteroatoms. The Balaban J connectivity index is 2.69. The fraction of sp³-hybridized carbons (Fsp3) is 0.300. The van der Waals surface area contributed by atoms with Gasteiger partial charge in [-0.2, -0.15) is 0 Å². The first kappa shape index (κ1) is 8.91. The Morgan fingerprint density at radius 3 is 2.50 bits per heavy atom. The van der Waals surface area contributed by atoms with Crippen LogP contribution in [0.2, 0.25) is 0 Å². The van der Waals surface area contributed by atoms with Gasteiger partial charge in [-0.3, -0.25) is 0 Å². The Bertz CT molecular complexity index is 256. The average Bonchev–Trinajstić information content (AvgIpc) is 2.07. The molecule has 12 heavy (non-hydrogen) atoms. The van der Waals surface area contributed by atoms with E-state index >= 15 is 0 Å². The molecule has 2 N–H and O–H groups in total. The zero-order valence-corrected chi connectivity index (χ0v) is 6.95. The van der Waals surface area contributed by atoms with E-state index in [9.17, 15) is 0 Å². The molecule has 0 fully saturated rings. The van der Waals surface area contributed by atoms with Crippen molar-refractivity contribution in [3.63, 3.8) is 0 Å². The molecule has 1 aromatic rings. The van der Waals surface area contributed by atoms with Crippen molar-refractivity contribution in [2.45, 2.75) is 19.3 Å². The van der Waals surface area contributed by atoms with Crippen LogP contribution < -0.4 is 0 Å². The highest BCUT2D eigenvalue weighted by atomic mass is 16.3. The summed E-state index contributed by atoms with van der Waals surface area (Å²) < 4.78 is 0. The molecule has 0 amide bonds. The third-order valence-electron chi connectivity index (χ3n) is 1.76. The molecule has 0 aromatic heterocycles. The van der Waals surface area contributed by atoms with Crippen molar-refractivity contribution >= 4 is 0 Å². The second-order valence-corrected chi connectivity index (χ2v) is 2.78. The van der Waals surface area contributed by atoms with Crippen molar-refractivity contribution in [2.24, 2.45) is 0 Å². The average molecular weight is 165 g/mol. The summed E-state index contributed by atoms with van der Waals surface area (Å²) >= 11 is 0. The molecule has 2 nitrogen and oxygen atoms in total. The summed E-state index contributed by atoms with van der Waals surface area (Å²) in [5.41, 5.74) is 1.04. The maximum absolute atomic E-state index is 9.13. The van der Waals surface area contributed by atoms with Gasteiger partial charge in [0.05, 0.1) is 0 Å². The van der Waals surface area contributed by atoms with Crippen LogP contribution in [-0.2, 0) is 6.42 Å². The summed E-state index contributed by atoms with van der Waals surface area (Å²) in [5, 5.41) is 18.1. The largest absolute Gasteiger partial charge is 0.504 e. The van der Waals surface area contributed by atoms with Gasteiger partial charge in [-0.15, -0.1) is 0 Å². The molecular weight excluding hydrogens is 152 g/mol. The first-order chi connectivity index (χ1) is 5.74. The summed E-state index contributed by atoms with van der Waals surface area (Å²) in [4.78, 5) is 0. The van der Waals surface area contributed by atoms with Crippen molar-refractivity contribution in [2.75, 3.05) is 0 Å². The molecule has 0 saturated heterocycles. The molecule has 0 aliphatic heterocycles. The first-order valence-electron chi connectivity index (χ1n) is 4.04. The molecule has 65 valence electrons. The van der Waals surface area contributed by atoms with E-state index in [1.807, 2.05) is 6.07 Å². The molecule has 0 heterocycles. The van der Waals surface area contributed by atoms with E-state index < -0.39 is 0 Å². The highest BCUT2D eigenvalue weighted by Gasteiger charge is 1.99. The van der Waals surface area contributed by atoms with Crippen LogP contribution in [-0.4, -0.2) is 10.2 Å². The van der Waals surface area contributed by atoms with Crippen LogP contribution in [0.4, 0.5) is 0 Å². The van der Waals surface area contributed by atoms with Crippen molar-refractivity contribution in [3.8, 4) is 11.5 Å².